The van der Waals surface area contributed by atoms with E-state index in [0.717, 1.165) is 16.7 Å². The maximum atomic E-state index is 13.1. The van der Waals surface area contributed by atoms with Gasteiger partial charge in [-0.15, -0.1) is 0 Å². The van der Waals surface area contributed by atoms with Crippen molar-refractivity contribution in [3.05, 3.63) is 65.0 Å². The van der Waals surface area contributed by atoms with Crippen LogP contribution in [0.3, 0.4) is 0 Å². The Morgan fingerprint density at radius 3 is 2.68 bits per heavy atom. The van der Waals surface area contributed by atoms with Gasteiger partial charge >= 0.3 is 0 Å². The van der Waals surface area contributed by atoms with E-state index in [4.69, 9.17) is 5.73 Å². The molecule has 0 aliphatic rings. The molecule has 2 nitrogen and oxygen atoms in total. The average molecular weight is 257 g/mol. The number of rotatable bonds is 4. The van der Waals surface area contributed by atoms with Crippen LogP contribution < -0.4 is 5.73 Å². The Hall–Kier alpha value is -2.16. The number of carbonyl (C=O) groups excluding carboxylic acids is 1. The van der Waals surface area contributed by atoms with Gasteiger partial charge in [0.1, 0.15) is 11.6 Å². The quantitative estimate of drug-likeness (QED) is 0.855. The molecule has 0 saturated heterocycles. The van der Waals surface area contributed by atoms with E-state index in [9.17, 15) is 9.18 Å². The summed E-state index contributed by atoms with van der Waals surface area (Å²) in [5, 5.41) is 0. The predicted molar refractivity (Wildman–Crippen MR) is 74.4 cm³/mol. The number of Topliss-reactive ketones (excluding diaryl/α,β-unsaturated/α-hetero) is 1. The van der Waals surface area contributed by atoms with Crippen molar-refractivity contribution in [3.63, 3.8) is 0 Å². The van der Waals surface area contributed by atoms with Gasteiger partial charge in [-0.05, 0) is 47.9 Å². The first-order valence-electron chi connectivity index (χ1n) is 6.16. The summed E-state index contributed by atoms with van der Waals surface area (Å²) in [6, 6.07) is 11.8. The van der Waals surface area contributed by atoms with Gasteiger partial charge in [-0.3, -0.25) is 4.79 Å². The summed E-state index contributed by atoms with van der Waals surface area (Å²) in [5.74, 6) is -0.253. The molecule has 3 heteroatoms. The van der Waals surface area contributed by atoms with Crippen LogP contribution in [0.1, 0.15) is 16.7 Å². The third kappa shape index (κ3) is 3.65. The summed E-state index contributed by atoms with van der Waals surface area (Å²) in [6.45, 7) is 1.88. The van der Waals surface area contributed by atoms with Gasteiger partial charge in [-0.1, -0.05) is 18.2 Å². The van der Waals surface area contributed by atoms with Crippen LogP contribution in [0.2, 0.25) is 0 Å². The number of nitrogen functional groups attached to an aromatic ring is 1. The van der Waals surface area contributed by atoms with Crippen molar-refractivity contribution in [2.45, 2.75) is 19.8 Å². The second-order valence-corrected chi connectivity index (χ2v) is 4.71. The van der Waals surface area contributed by atoms with Crippen molar-refractivity contribution >= 4 is 11.5 Å². The average Bonchev–Trinajstić information content (AvgIpc) is 2.34. The first kappa shape index (κ1) is 13.3. The number of anilines is 1. The number of hydrogen-bond donors (Lipinski definition) is 1. The monoisotopic (exact) mass is 257 g/mol. The molecule has 0 atom stereocenters. The first-order chi connectivity index (χ1) is 9.04. The van der Waals surface area contributed by atoms with Crippen LogP contribution in [0.5, 0.6) is 0 Å². The van der Waals surface area contributed by atoms with E-state index in [0.29, 0.717) is 12.1 Å². The van der Waals surface area contributed by atoms with Gasteiger partial charge in [0.2, 0.25) is 0 Å². The lowest BCUT2D eigenvalue weighted by Gasteiger charge is -2.06. The summed E-state index contributed by atoms with van der Waals surface area (Å²) in [7, 11) is 0. The largest absolute Gasteiger partial charge is 0.399 e. The van der Waals surface area contributed by atoms with Crippen LogP contribution in [0.4, 0.5) is 10.1 Å². The van der Waals surface area contributed by atoms with E-state index in [1.54, 1.807) is 18.2 Å². The molecule has 0 aliphatic carbocycles. The highest BCUT2D eigenvalue weighted by Gasteiger charge is 2.08. The number of halogens is 1. The van der Waals surface area contributed by atoms with Crippen molar-refractivity contribution < 1.29 is 9.18 Å². The van der Waals surface area contributed by atoms with Gasteiger partial charge in [0, 0.05) is 18.5 Å². The Balaban J connectivity index is 2.07. The predicted octanol–water partition coefficient (Wildman–Crippen LogP) is 3.07. The number of nitrogens with two attached hydrogens (primary N) is 1. The lowest BCUT2D eigenvalue weighted by molar-refractivity contribution is -0.117. The van der Waals surface area contributed by atoms with E-state index in [1.807, 2.05) is 19.1 Å². The Kier molecular flexibility index (Phi) is 3.95. The number of hydrogen-bond acceptors (Lipinski definition) is 2. The van der Waals surface area contributed by atoms with Crippen molar-refractivity contribution in [2.75, 3.05) is 5.73 Å². The Labute approximate surface area is 112 Å². The van der Waals surface area contributed by atoms with Gasteiger partial charge in [0.15, 0.2) is 0 Å². The van der Waals surface area contributed by atoms with E-state index < -0.39 is 0 Å². The summed E-state index contributed by atoms with van der Waals surface area (Å²) in [5.41, 5.74) is 8.88. The molecule has 0 heterocycles. The zero-order chi connectivity index (χ0) is 13.8. The molecule has 2 N–H and O–H groups in total. The van der Waals surface area contributed by atoms with Gasteiger partial charge in [0.05, 0.1) is 0 Å². The summed E-state index contributed by atoms with van der Waals surface area (Å²) in [4.78, 5) is 12.0. The molecule has 2 rings (SSSR count). The Morgan fingerprint density at radius 2 is 1.95 bits per heavy atom. The number of ketones is 1. The molecule has 2 aromatic rings. The molecule has 0 unspecified atom stereocenters. The Morgan fingerprint density at radius 1 is 1.16 bits per heavy atom. The molecule has 19 heavy (non-hydrogen) atoms. The lowest BCUT2D eigenvalue weighted by Crippen LogP contribution is -2.08. The van der Waals surface area contributed by atoms with Crippen LogP contribution in [0, 0.1) is 12.7 Å². The first-order valence-corrected chi connectivity index (χ1v) is 6.16. The zero-order valence-electron chi connectivity index (χ0n) is 10.8. The minimum Gasteiger partial charge on any atom is -0.399 e. The van der Waals surface area contributed by atoms with Gasteiger partial charge in [0.25, 0.3) is 0 Å². The fraction of sp³-hybridized carbons (Fsp3) is 0.188. The number of carbonyl (C=O) groups is 1. The number of benzene rings is 2. The molecule has 0 aliphatic heterocycles. The van der Waals surface area contributed by atoms with Gasteiger partial charge in [-0.2, -0.15) is 0 Å². The van der Waals surface area contributed by atoms with E-state index in [1.165, 1.54) is 12.1 Å². The molecular formula is C16H16FNO. The molecule has 0 fully saturated rings. The Bertz CT molecular complexity index is 607. The highest BCUT2D eigenvalue weighted by Crippen LogP contribution is 2.13. The molecular weight excluding hydrogens is 241 g/mol. The van der Waals surface area contributed by atoms with Gasteiger partial charge in [-0.25, -0.2) is 4.39 Å². The molecule has 0 saturated carbocycles. The van der Waals surface area contributed by atoms with Crippen LogP contribution in [-0.2, 0) is 17.6 Å². The molecule has 0 bridgehead atoms. The van der Waals surface area contributed by atoms with Crippen LogP contribution in [0.25, 0.3) is 0 Å². The topological polar surface area (TPSA) is 43.1 Å². The van der Waals surface area contributed by atoms with Crippen LogP contribution >= 0.6 is 0 Å². The van der Waals surface area contributed by atoms with Crippen molar-refractivity contribution in [3.8, 4) is 0 Å². The zero-order valence-corrected chi connectivity index (χ0v) is 10.8. The minimum atomic E-state index is -0.308. The third-order valence-electron chi connectivity index (χ3n) is 3.05. The summed E-state index contributed by atoms with van der Waals surface area (Å²) in [6.07, 6.45) is 0.569. The molecule has 2 aromatic carbocycles. The SMILES string of the molecule is Cc1ccc(F)cc1CC(=O)Cc1cccc(N)c1. The normalized spacial score (nSPS) is 10.4. The van der Waals surface area contributed by atoms with Crippen molar-refractivity contribution in [1.82, 2.24) is 0 Å². The van der Waals surface area contributed by atoms with Crippen LogP contribution in [-0.4, -0.2) is 5.78 Å². The van der Waals surface area contributed by atoms with Crippen molar-refractivity contribution in [2.24, 2.45) is 0 Å². The second kappa shape index (κ2) is 5.65. The highest BCUT2D eigenvalue weighted by molar-refractivity contribution is 5.83. The second-order valence-electron chi connectivity index (χ2n) is 4.71. The fourth-order valence-electron chi connectivity index (χ4n) is 2.04. The maximum Gasteiger partial charge on any atom is 0.141 e. The highest BCUT2D eigenvalue weighted by atomic mass is 19.1. The van der Waals surface area contributed by atoms with Gasteiger partial charge < -0.3 is 5.73 Å². The smallest absolute Gasteiger partial charge is 0.141 e. The van der Waals surface area contributed by atoms with Crippen LogP contribution in [0.15, 0.2) is 42.5 Å². The van der Waals surface area contributed by atoms with E-state index >= 15 is 0 Å². The molecule has 98 valence electrons. The molecule has 0 aromatic heterocycles. The third-order valence-corrected chi connectivity index (χ3v) is 3.05. The fourth-order valence-corrected chi connectivity index (χ4v) is 2.04. The number of aryl methyl sites for hydroxylation is 1. The van der Waals surface area contributed by atoms with E-state index in [2.05, 4.69) is 0 Å². The maximum absolute atomic E-state index is 13.1. The molecule has 0 amide bonds. The van der Waals surface area contributed by atoms with E-state index in [-0.39, 0.29) is 18.0 Å². The summed E-state index contributed by atoms with van der Waals surface area (Å²) < 4.78 is 13.1. The molecule has 0 radical (unpaired) electrons. The van der Waals surface area contributed by atoms with Crippen molar-refractivity contribution in [1.29, 1.82) is 0 Å². The molecule has 0 spiro atoms. The minimum absolute atomic E-state index is 0.0549. The lowest BCUT2D eigenvalue weighted by atomic mass is 9.99. The standard InChI is InChI=1S/C16H16FNO/c1-11-5-6-14(17)9-13(11)10-16(19)8-12-3-2-4-15(18)7-12/h2-7,9H,8,10,18H2,1H3. The summed E-state index contributed by atoms with van der Waals surface area (Å²) >= 11 is 0.